The fourth-order valence-corrected chi connectivity index (χ4v) is 14.9. The van der Waals surface area contributed by atoms with Gasteiger partial charge in [0.05, 0.1) is 16.4 Å². The van der Waals surface area contributed by atoms with Gasteiger partial charge in [-0.15, -0.1) is 11.3 Å². The van der Waals surface area contributed by atoms with Gasteiger partial charge in [-0.25, -0.2) is 0 Å². The molecule has 3 aromatic heterocycles. The zero-order valence-electron chi connectivity index (χ0n) is 45.5. The van der Waals surface area contributed by atoms with E-state index in [0.717, 1.165) is 16.6 Å². The van der Waals surface area contributed by atoms with Crippen LogP contribution in [0.2, 0.25) is 0 Å². The summed E-state index contributed by atoms with van der Waals surface area (Å²) in [5.74, 6) is 0. The predicted molar refractivity (Wildman–Crippen MR) is 327 cm³/mol. The van der Waals surface area contributed by atoms with Crippen LogP contribution in [0.4, 0.5) is 11.4 Å². The Bertz CT molecular complexity index is 4470. The van der Waals surface area contributed by atoms with Crippen LogP contribution in [-0.4, -0.2) is 11.4 Å². The average Bonchev–Trinajstić information content (AvgIpc) is 3.99. The van der Waals surface area contributed by atoms with Gasteiger partial charge in [-0.3, -0.25) is 0 Å². The third kappa shape index (κ3) is 6.24. The second-order valence-electron chi connectivity index (χ2n) is 25.7. The number of hydrogen-bond donors (Lipinski definition) is 0. The lowest BCUT2D eigenvalue weighted by molar-refractivity contribution is 0.589. The van der Waals surface area contributed by atoms with Gasteiger partial charge in [-0.1, -0.05) is 191 Å². The quantitative estimate of drug-likeness (QED) is 0.165. The molecule has 0 radical (unpaired) electrons. The number of benzene rings is 9. The van der Waals surface area contributed by atoms with Crippen LogP contribution >= 0.6 is 11.3 Å². The highest BCUT2D eigenvalue weighted by Gasteiger charge is 2.48. The highest BCUT2D eigenvalue weighted by atomic mass is 32.1. The van der Waals surface area contributed by atoms with Crippen LogP contribution < -0.4 is 15.7 Å². The summed E-state index contributed by atoms with van der Waals surface area (Å²) >= 11 is 1.93. The van der Waals surface area contributed by atoms with Crippen LogP contribution in [0.5, 0.6) is 0 Å². The summed E-state index contributed by atoms with van der Waals surface area (Å²) in [6.07, 6.45) is 0. The van der Waals surface area contributed by atoms with E-state index in [0.29, 0.717) is 0 Å². The van der Waals surface area contributed by atoms with Crippen LogP contribution in [-0.2, 0) is 21.7 Å². The summed E-state index contributed by atoms with van der Waals surface area (Å²) in [6, 6.07) is 65.4. The van der Waals surface area contributed by atoms with E-state index in [-0.39, 0.29) is 28.5 Å². The first-order chi connectivity index (χ1) is 36.4. The largest absolute Gasteiger partial charge is 0.455 e. The minimum absolute atomic E-state index is 0.00180. The van der Waals surface area contributed by atoms with Gasteiger partial charge in [0.2, 0.25) is 0 Å². The van der Waals surface area contributed by atoms with Crippen LogP contribution in [0.3, 0.4) is 0 Å². The summed E-state index contributed by atoms with van der Waals surface area (Å²) in [4.78, 5) is 4.03. The average molecular weight is 1000 g/mol. The van der Waals surface area contributed by atoms with Crippen molar-refractivity contribution in [3.63, 3.8) is 0 Å². The Balaban J connectivity index is 1.16. The molecule has 5 heterocycles. The summed E-state index contributed by atoms with van der Waals surface area (Å²) in [5, 5.41) is 6.04. The van der Waals surface area contributed by atoms with E-state index < -0.39 is 0 Å². The molecule has 0 unspecified atom stereocenters. The maximum atomic E-state index is 7.41. The van der Waals surface area contributed by atoms with Crippen molar-refractivity contribution in [3.05, 3.63) is 198 Å². The molecule has 0 atom stereocenters. The Morgan fingerprint density at radius 1 is 0.500 bits per heavy atom. The first-order valence-electron chi connectivity index (χ1n) is 27.3. The fraction of sp³-hybridized carbons (Fsp3) is 0.211. The van der Waals surface area contributed by atoms with Crippen molar-refractivity contribution in [1.29, 1.82) is 0 Å². The zero-order chi connectivity index (χ0) is 52.1. The molecule has 5 heteroatoms. The molecule has 0 saturated heterocycles. The summed E-state index contributed by atoms with van der Waals surface area (Å²) in [7, 11) is 0. The number of rotatable bonds is 3. The molecule has 0 spiro atoms. The van der Waals surface area contributed by atoms with Crippen LogP contribution in [0, 0.1) is 0 Å². The molecular weight excluding hydrogens is 940 g/mol. The number of furan rings is 1. The molecule has 0 N–H and O–H groups in total. The Hall–Kier alpha value is -7.60. The number of nitrogens with zero attached hydrogens (tertiary/aromatic N) is 2. The molecule has 2 aliphatic heterocycles. The van der Waals surface area contributed by atoms with Crippen molar-refractivity contribution in [3.8, 4) is 49.5 Å². The molecular formula is C71H61BN2OS. The summed E-state index contributed by atoms with van der Waals surface area (Å²) < 4.78 is 11.3. The Kier molecular flexibility index (Phi) is 9.21. The molecule has 0 fully saturated rings. The van der Waals surface area contributed by atoms with Gasteiger partial charge in [-0.05, 0) is 137 Å². The molecule has 370 valence electrons. The molecule has 3 aliphatic rings. The molecule has 12 aromatic rings. The van der Waals surface area contributed by atoms with E-state index in [1.165, 1.54) is 137 Å². The Morgan fingerprint density at radius 3 is 1.84 bits per heavy atom. The number of hydrogen-bond acceptors (Lipinski definition) is 3. The first-order valence-corrected chi connectivity index (χ1v) is 28.1. The van der Waals surface area contributed by atoms with Gasteiger partial charge in [-0.2, -0.15) is 0 Å². The molecule has 76 heavy (non-hydrogen) atoms. The molecule has 15 rings (SSSR count). The molecule has 1 aliphatic carbocycles. The number of anilines is 2. The third-order valence-corrected chi connectivity index (χ3v) is 18.8. The maximum absolute atomic E-state index is 7.41. The van der Waals surface area contributed by atoms with E-state index in [1.54, 1.807) is 0 Å². The van der Waals surface area contributed by atoms with Crippen LogP contribution in [0.1, 0.15) is 104 Å². The number of aromatic nitrogens is 1. The van der Waals surface area contributed by atoms with Crippen molar-refractivity contribution in [2.75, 3.05) is 4.81 Å². The van der Waals surface area contributed by atoms with Gasteiger partial charge in [0.1, 0.15) is 11.2 Å². The van der Waals surface area contributed by atoms with Gasteiger partial charge in [0, 0.05) is 64.7 Å². The minimum atomic E-state index is -0.230. The van der Waals surface area contributed by atoms with E-state index in [4.69, 9.17) is 4.42 Å². The van der Waals surface area contributed by atoms with Gasteiger partial charge >= 0.3 is 6.85 Å². The van der Waals surface area contributed by atoms with E-state index in [2.05, 4.69) is 255 Å². The van der Waals surface area contributed by atoms with Crippen LogP contribution in [0.25, 0.3) is 103 Å². The van der Waals surface area contributed by atoms with E-state index in [1.807, 2.05) is 11.3 Å². The maximum Gasteiger partial charge on any atom is 0.333 e. The molecule has 0 saturated carbocycles. The lowest BCUT2D eigenvalue weighted by Gasteiger charge is -2.43. The van der Waals surface area contributed by atoms with Crippen molar-refractivity contribution in [1.82, 2.24) is 4.57 Å². The first kappa shape index (κ1) is 45.8. The molecule has 3 nitrogen and oxygen atoms in total. The second-order valence-corrected chi connectivity index (χ2v) is 26.7. The highest BCUT2D eigenvalue weighted by molar-refractivity contribution is 7.23. The monoisotopic (exact) mass is 1000 g/mol. The zero-order valence-corrected chi connectivity index (χ0v) is 46.3. The summed E-state index contributed by atoms with van der Waals surface area (Å²) in [6.45, 7) is 25.7. The van der Waals surface area contributed by atoms with Crippen LogP contribution in [0.15, 0.2) is 174 Å². The smallest absolute Gasteiger partial charge is 0.333 e. The molecule has 0 amide bonds. The predicted octanol–water partition coefficient (Wildman–Crippen LogP) is 18.7. The highest BCUT2D eigenvalue weighted by Crippen LogP contribution is 2.58. The number of fused-ring (bicyclic) bond motifs is 17. The van der Waals surface area contributed by atoms with E-state index in [9.17, 15) is 0 Å². The van der Waals surface area contributed by atoms with Gasteiger partial charge in [0.25, 0.3) is 0 Å². The topological polar surface area (TPSA) is 21.3 Å². The second kappa shape index (κ2) is 15.3. The Labute approximate surface area is 450 Å². The fourth-order valence-electron chi connectivity index (χ4n) is 13.6. The van der Waals surface area contributed by atoms with Crippen molar-refractivity contribution in [2.45, 2.75) is 97.8 Å². The SMILES string of the molecule is CC(C)(C)c1ccc(N2B3c4cc5sc(-c6ccccc6)c(-c6ccccc6)c5cc4-n4c5ccc(C(C)(C)C)cc5c5c6oc7ccccc7c6c(c3c54)-c3cc4c(cc32)C(C)(C)c2ccc(C(C)(C)C)cc2-4)cc1. The lowest BCUT2D eigenvalue weighted by Crippen LogP contribution is -2.60. The third-order valence-electron chi connectivity index (χ3n) is 17.6. The van der Waals surface area contributed by atoms with E-state index >= 15 is 0 Å². The van der Waals surface area contributed by atoms with Crippen molar-refractivity contribution >= 4 is 94.3 Å². The normalized spacial score (nSPS) is 14.6. The van der Waals surface area contributed by atoms with Gasteiger partial charge < -0.3 is 13.8 Å². The number of para-hydroxylation sites is 1. The lowest BCUT2D eigenvalue weighted by atomic mass is 9.43. The summed E-state index contributed by atoms with van der Waals surface area (Å²) in [5.41, 5.74) is 26.0. The van der Waals surface area contributed by atoms with Crippen molar-refractivity contribution in [2.24, 2.45) is 0 Å². The standard InChI is InChI=1S/C71H61BN2OS/c1-68(2,3)42-26-30-45(31-27-42)74-56-38-53-48(47-34-43(69(4,5)6)28-32-52(47)71(53,10)11)36-50(56)61-62-46-24-18-19-25-58(46)75-66(62)63-49-35-44(70(7,8)9)29-33-55(49)73-57-37-51-59(39-54(57)72(74)64(61)65(63)73)76-67(41-22-16-13-17-23-41)60(51)40-20-14-12-15-21-40/h12-39H,1-11H3. The minimum Gasteiger partial charge on any atom is -0.455 e. The van der Waals surface area contributed by atoms with Crippen molar-refractivity contribution < 1.29 is 4.42 Å². The van der Waals surface area contributed by atoms with Gasteiger partial charge in [0.15, 0.2) is 0 Å². The molecule has 9 aromatic carbocycles. The number of thiophene rings is 1. The Morgan fingerprint density at radius 2 is 1.13 bits per heavy atom. The molecule has 0 bridgehead atoms.